The second-order valence-corrected chi connectivity index (χ2v) is 5.29. The van der Waals surface area contributed by atoms with Gasteiger partial charge in [0.25, 0.3) is 0 Å². The number of hydrogen-bond acceptors (Lipinski definition) is 3. The average molecular weight is 299 g/mol. The summed E-state index contributed by atoms with van der Waals surface area (Å²) in [5.41, 5.74) is 1.56. The predicted molar refractivity (Wildman–Crippen MR) is 70.5 cm³/mol. The Bertz CT molecular complexity index is 683. The van der Waals surface area contributed by atoms with Crippen molar-refractivity contribution in [2.75, 3.05) is 6.54 Å². The molecule has 1 atom stereocenters. The number of nitrogens with zero attached hydrogens (tertiary/aromatic N) is 4. The normalized spacial score (nSPS) is 18.9. The Kier molecular flexibility index (Phi) is 3.09. The van der Waals surface area contributed by atoms with Crippen molar-refractivity contribution in [2.45, 2.75) is 25.6 Å². The van der Waals surface area contributed by atoms with Gasteiger partial charge in [-0.15, -0.1) is 0 Å². The predicted octanol–water partition coefficient (Wildman–Crippen LogP) is 2.05. The van der Waals surface area contributed by atoms with E-state index in [1.807, 2.05) is 6.92 Å². The lowest BCUT2D eigenvalue weighted by Crippen LogP contribution is -2.27. The first-order valence-corrected chi connectivity index (χ1v) is 6.69. The zero-order chi connectivity index (χ0) is 15.4. The van der Waals surface area contributed by atoms with E-state index >= 15 is 0 Å². The molecule has 0 amide bonds. The lowest BCUT2D eigenvalue weighted by atomic mass is 9.97. The molecule has 0 aliphatic carbocycles. The summed E-state index contributed by atoms with van der Waals surface area (Å²) in [6, 6.07) is 0.0414. The summed E-state index contributed by atoms with van der Waals surface area (Å²) in [4.78, 5) is 0. The molecule has 0 fully saturated rings. The summed E-state index contributed by atoms with van der Waals surface area (Å²) in [5.74, 6) is 0. The minimum Gasteiger partial charge on any atom is -0.308 e. The molecule has 2 aromatic rings. The largest absolute Gasteiger partial charge is 0.433 e. The molecule has 0 saturated heterocycles. The smallest absolute Gasteiger partial charge is 0.308 e. The first-order valence-electron chi connectivity index (χ1n) is 6.69. The van der Waals surface area contributed by atoms with Crippen molar-refractivity contribution < 1.29 is 13.2 Å². The van der Waals surface area contributed by atoms with Crippen LogP contribution in [0.25, 0.3) is 11.3 Å². The maximum absolute atomic E-state index is 13.3. The van der Waals surface area contributed by atoms with Crippen LogP contribution in [0.1, 0.15) is 29.9 Å². The van der Waals surface area contributed by atoms with Gasteiger partial charge in [0.1, 0.15) is 0 Å². The fourth-order valence-corrected chi connectivity index (χ4v) is 2.98. The van der Waals surface area contributed by atoms with Crippen molar-refractivity contribution in [3.8, 4) is 11.3 Å². The molecule has 5 nitrogen and oxygen atoms in total. The Labute approximate surface area is 119 Å². The van der Waals surface area contributed by atoms with E-state index in [1.54, 1.807) is 7.05 Å². The van der Waals surface area contributed by atoms with Crippen LogP contribution in [0.15, 0.2) is 6.20 Å². The van der Waals surface area contributed by atoms with Crippen LogP contribution in [0.5, 0.6) is 0 Å². The highest BCUT2D eigenvalue weighted by Crippen LogP contribution is 2.39. The molecule has 1 aliphatic rings. The maximum atomic E-state index is 13.3. The van der Waals surface area contributed by atoms with Crippen LogP contribution in [-0.2, 0) is 26.7 Å². The van der Waals surface area contributed by atoms with Crippen molar-refractivity contribution in [2.24, 2.45) is 14.1 Å². The average Bonchev–Trinajstić information content (AvgIpc) is 2.89. The molecule has 2 aromatic heterocycles. The molecular weight excluding hydrogens is 283 g/mol. The highest BCUT2D eigenvalue weighted by Gasteiger charge is 2.39. The Hall–Kier alpha value is -1.83. The number of halogens is 3. The molecule has 114 valence electrons. The van der Waals surface area contributed by atoms with Gasteiger partial charge in [0, 0.05) is 25.7 Å². The van der Waals surface area contributed by atoms with E-state index in [1.165, 1.54) is 17.9 Å². The highest BCUT2D eigenvalue weighted by molar-refractivity contribution is 5.68. The first kappa shape index (κ1) is 14.1. The van der Waals surface area contributed by atoms with Crippen LogP contribution < -0.4 is 5.32 Å². The van der Waals surface area contributed by atoms with Gasteiger partial charge in [0.05, 0.1) is 23.1 Å². The van der Waals surface area contributed by atoms with Gasteiger partial charge in [0.15, 0.2) is 5.69 Å². The maximum Gasteiger partial charge on any atom is 0.433 e. The summed E-state index contributed by atoms with van der Waals surface area (Å²) < 4.78 is 42.2. The lowest BCUT2D eigenvalue weighted by Gasteiger charge is -2.19. The van der Waals surface area contributed by atoms with E-state index in [9.17, 15) is 13.2 Å². The van der Waals surface area contributed by atoms with Crippen LogP contribution in [-0.4, -0.2) is 26.1 Å². The summed E-state index contributed by atoms with van der Waals surface area (Å²) in [7, 11) is 2.98. The molecule has 3 heterocycles. The summed E-state index contributed by atoms with van der Waals surface area (Å²) >= 11 is 0. The second kappa shape index (κ2) is 4.59. The summed E-state index contributed by atoms with van der Waals surface area (Å²) in [6.07, 6.45) is -2.52. The molecule has 0 saturated carbocycles. The highest BCUT2D eigenvalue weighted by atomic mass is 19.4. The minimum absolute atomic E-state index is 0.0414. The standard InChI is InChI=1S/C13H16F3N5/c1-7-10-8(4-5-17-7)11(20(2)19-10)9-6-18-21(3)12(9)13(14,15)16/h6-7,17H,4-5H2,1-3H3/t7-/m0/s1. The van der Waals surface area contributed by atoms with Crippen LogP contribution in [0.4, 0.5) is 13.2 Å². The number of fused-ring (bicyclic) bond motifs is 1. The molecule has 0 unspecified atom stereocenters. The van der Waals surface area contributed by atoms with Gasteiger partial charge in [-0.3, -0.25) is 9.36 Å². The Morgan fingerprint density at radius 1 is 1.29 bits per heavy atom. The third-order valence-electron chi connectivity index (χ3n) is 3.87. The van der Waals surface area contributed by atoms with Crippen molar-refractivity contribution in [1.82, 2.24) is 24.9 Å². The number of hydrogen-bond donors (Lipinski definition) is 1. The molecule has 0 aromatic carbocycles. The van der Waals surface area contributed by atoms with Crippen LogP contribution in [0, 0.1) is 0 Å². The molecule has 0 spiro atoms. The summed E-state index contributed by atoms with van der Waals surface area (Å²) in [5, 5.41) is 11.4. The van der Waals surface area contributed by atoms with Crippen molar-refractivity contribution in [3.05, 3.63) is 23.1 Å². The van der Waals surface area contributed by atoms with Gasteiger partial charge in [-0.05, 0) is 19.9 Å². The van der Waals surface area contributed by atoms with Gasteiger partial charge in [-0.2, -0.15) is 23.4 Å². The van der Waals surface area contributed by atoms with Crippen LogP contribution >= 0.6 is 0 Å². The van der Waals surface area contributed by atoms with E-state index in [2.05, 4.69) is 15.5 Å². The molecule has 8 heteroatoms. The van der Waals surface area contributed by atoms with Gasteiger partial charge in [0.2, 0.25) is 0 Å². The quantitative estimate of drug-likeness (QED) is 0.876. The van der Waals surface area contributed by atoms with Crippen molar-refractivity contribution in [1.29, 1.82) is 0 Å². The van der Waals surface area contributed by atoms with E-state index in [0.717, 1.165) is 22.5 Å². The van der Waals surface area contributed by atoms with Gasteiger partial charge in [-0.25, -0.2) is 0 Å². The van der Waals surface area contributed by atoms with Gasteiger partial charge in [-0.1, -0.05) is 0 Å². The fraction of sp³-hybridized carbons (Fsp3) is 0.538. The number of nitrogens with one attached hydrogen (secondary N) is 1. The fourth-order valence-electron chi connectivity index (χ4n) is 2.98. The molecule has 3 rings (SSSR count). The molecular formula is C13H16F3N5. The third-order valence-corrected chi connectivity index (χ3v) is 3.87. The number of alkyl halides is 3. The molecule has 21 heavy (non-hydrogen) atoms. The number of aromatic nitrogens is 4. The van der Waals surface area contributed by atoms with E-state index in [0.29, 0.717) is 12.1 Å². The zero-order valence-electron chi connectivity index (χ0n) is 12.0. The topological polar surface area (TPSA) is 47.7 Å². The molecule has 1 aliphatic heterocycles. The van der Waals surface area contributed by atoms with Crippen molar-refractivity contribution in [3.63, 3.8) is 0 Å². The molecule has 0 bridgehead atoms. The number of aryl methyl sites for hydroxylation is 2. The van der Waals surface area contributed by atoms with Gasteiger partial charge >= 0.3 is 6.18 Å². The molecule has 0 radical (unpaired) electrons. The van der Waals surface area contributed by atoms with E-state index in [-0.39, 0.29) is 11.6 Å². The Morgan fingerprint density at radius 3 is 2.67 bits per heavy atom. The van der Waals surface area contributed by atoms with Gasteiger partial charge < -0.3 is 5.32 Å². The first-order chi connectivity index (χ1) is 9.80. The summed E-state index contributed by atoms with van der Waals surface area (Å²) in [6.45, 7) is 2.69. The Balaban J connectivity index is 2.23. The van der Waals surface area contributed by atoms with Crippen molar-refractivity contribution >= 4 is 0 Å². The zero-order valence-corrected chi connectivity index (χ0v) is 12.0. The monoisotopic (exact) mass is 299 g/mol. The molecule has 1 N–H and O–H groups in total. The Morgan fingerprint density at radius 2 is 2.00 bits per heavy atom. The van der Waals surface area contributed by atoms with Crippen LogP contribution in [0.3, 0.4) is 0 Å². The lowest BCUT2D eigenvalue weighted by molar-refractivity contribution is -0.143. The number of rotatable bonds is 1. The minimum atomic E-state index is -4.45. The van der Waals surface area contributed by atoms with E-state index in [4.69, 9.17) is 0 Å². The third kappa shape index (κ3) is 2.14. The SMILES string of the molecule is C[C@@H]1NCCc2c1nn(C)c2-c1cnn(C)c1C(F)(F)F. The van der Waals surface area contributed by atoms with E-state index < -0.39 is 11.9 Å². The second-order valence-electron chi connectivity index (χ2n) is 5.29. The van der Waals surface area contributed by atoms with Crippen LogP contribution in [0.2, 0.25) is 0 Å².